The molecule has 0 N–H and O–H groups in total. The zero-order chi connectivity index (χ0) is 14.5. The van der Waals surface area contributed by atoms with E-state index in [2.05, 4.69) is 28.6 Å². The minimum atomic E-state index is 0.172. The maximum atomic E-state index is 12.7. The van der Waals surface area contributed by atoms with Gasteiger partial charge in [0.05, 0.1) is 18.4 Å². The van der Waals surface area contributed by atoms with Crippen molar-refractivity contribution < 1.29 is 4.79 Å². The number of pyridine rings is 1. The van der Waals surface area contributed by atoms with Gasteiger partial charge >= 0.3 is 0 Å². The molecule has 0 bridgehead atoms. The number of anilines is 1. The molecule has 2 heterocycles. The lowest BCUT2D eigenvalue weighted by Crippen LogP contribution is -2.31. The van der Waals surface area contributed by atoms with Gasteiger partial charge in [-0.3, -0.25) is 9.78 Å². The van der Waals surface area contributed by atoms with Crippen molar-refractivity contribution >= 4 is 22.9 Å². The Hall–Kier alpha value is -1.94. The quantitative estimate of drug-likeness (QED) is 0.781. The van der Waals surface area contributed by atoms with Crippen LogP contribution in [0.15, 0.2) is 53.5 Å². The number of carbonyl (C=O) groups is 1. The van der Waals surface area contributed by atoms with Gasteiger partial charge in [0.25, 0.3) is 0 Å². The third-order valence-electron chi connectivity index (χ3n) is 3.73. The number of allylic oxidation sites excluding steroid dienone is 2. The third-order valence-corrected chi connectivity index (χ3v) is 4.46. The zero-order valence-electron chi connectivity index (χ0n) is 11.8. The molecule has 3 nitrogen and oxygen atoms in total. The number of nitrogens with zero attached hydrogens (tertiary/aromatic N) is 2. The van der Waals surface area contributed by atoms with Crippen LogP contribution < -0.4 is 4.90 Å². The first-order valence-electron chi connectivity index (χ1n) is 7.21. The van der Waals surface area contributed by atoms with Crippen molar-refractivity contribution in [3.8, 4) is 0 Å². The van der Waals surface area contributed by atoms with Crippen LogP contribution in [0.5, 0.6) is 0 Å². The minimum absolute atomic E-state index is 0.172. The summed E-state index contributed by atoms with van der Waals surface area (Å²) in [5.74, 6) is 0.560. The van der Waals surface area contributed by atoms with E-state index in [0.717, 1.165) is 18.5 Å². The van der Waals surface area contributed by atoms with Crippen molar-refractivity contribution in [1.29, 1.82) is 0 Å². The van der Waals surface area contributed by atoms with Crippen molar-refractivity contribution in [2.24, 2.45) is 5.92 Å². The zero-order valence-corrected chi connectivity index (χ0v) is 12.6. The number of thiophene rings is 1. The van der Waals surface area contributed by atoms with Gasteiger partial charge in [-0.2, -0.15) is 11.3 Å². The van der Waals surface area contributed by atoms with Crippen molar-refractivity contribution in [3.05, 3.63) is 59.1 Å². The van der Waals surface area contributed by atoms with Crippen molar-refractivity contribution in [2.75, 3.05) is 4.90 Å². The second-order valence-corrected chi connectivity index (χ2v) is 6.07. The standard InChI is InChI=1S/C17H18N2OS/c20-17(10-14-4-1-2-5-14)19(12-15-7-9-21-13-15)16-6-3-8-18-11-16/h1,3-4,6-9,11,13-14H,2,5,10,12H2. The minimum Gasteiger partial charge on any atom is -0.306 e. The summed E-state index contributed by atoms with van der Waals surface area (Å²) in [5, 5.41) is 4.13. The molecule has 1 atom stereocenters. The number of hydrogen-bond acceptors (Lipinski definition) is 3. The molecule has 0 radical (unpaired) electrons. The fraction of sp³-hybridized carbons (Fsp3) is 0.294. The van der Waals surface area contributed by atoms with Gasteiger partial charge in [-0.15, -0.1) is 0 Å². The smallest absolute Gasteiger partial charge is 0.227 e. The Morgan fingerprint density at radius 1 is 1.43 bits per heavy atom. The summed E-state index contributed by atoms with van der Waals surface area (Å²) in [6.45, 7) is 0.616. The van der Waals surface area contributed by atoms with Crippen LogP contribution in [0.2, 0.25) is 0 Å². The molecular formula is C17H18N2OS. The van der Waals surface area contributed by atoms with Crippen LogP contribution in [-0.2, 0) is 11.3 Å². The summed E-state index contributed by atoms with van der Waals surface area (Å²) < 4.78 is 0. The summed E-state index contributed by atoms with van der Waals surface area (Å²) in [5.41, 5.74) is 2.04. The highest BCUT2D eigenvalue weighted by atomic mass is 32.1. The monoisotopic (exact) mass is 298 g/mol. The second kappa shape index (κ2) is 6.68. The number of amides is 1. The first-order valence-corrected chi connectivity index (χ1v) is 8.15. The molecule has 1 amide bonds. The van der Waals surface area contributed by atoms with E-state index in [-0.39, 0.29) is 5.91 Å². The van der Waals surface area contributed by atoms with Crippen LogP contribution in [-0.4, -0.2) is 10.9 Å². The fourth-order valence-electron chi connectivity index (χ4n) is 2.60. The maximum absolute atomic E-state index is 12.7. The van der Waals surface area contributed by atoms with E-state index >= 15 is 0 Å². The average Bonchev–Trinajstić information content (AvgIpc) is 3.19. The van der Waals surface area contributed by atoms with Crippen LogP contribution >= 0.6 is 11.3 Å². The maximum Gasteiger partial charge on any atom is 0.227 e. The molecule has 4 heteroatoms. The molecule has 2 aromatic heterocycles. The van der Waals surface area contributed by atoms with Crippen molar-refractivity contribution in [1.82, 2.24) is 4.98 Å². The Balaban J connectivity index is 1.77. The van der Waals surface area contributed by atoms with Crippen LogP contribution in [0.25, 0.3) is 0 Å². The molecule has 0 spiro atoms. The Labute approximate surface area is 128 Å². The Kier molecular flexibility index (Phi) is 4.46. The van der Waals surface area contributed by atoms with Crippen LogP contribution in [0, 0.1) is 5.92 Å². The molecular weight excluding hydrogens is 280 g/mol. The molecule has 0 aromatic carbocycles. The number of carbonyl (C=O) groups excluding carboxylic acids is 1. The lowest BCUT2D eigenvalue weighted by atomic mass is 10.0. The second-order valence-electron chi connectivity index (χ2n) is 5.29. The van der Waals surface area contributed by atoms with Crippen molar-refractivity contribution in [2.45, 2.75) is 25.8 Å². The molecule has 1 aliphatic rings. The lowest BCUT2D eigenvalue weighted by Gasteiger charge is -2.23. The van der Waals surface area contributed by atoms with Crippen LogP contribution in [0.1, 0.15) is 24.8 Å². The third kappa shape index (κ3) is 3.58. The van der Waals surface area contributed by atoms with E-state index in [1.165, 1.54) is 5.56 Å². The first kappa shape index (κ1) is 14.0. The van der Waals surface area contributed by atoms with Crippen LogP contribution in [0.3, 0.4) is 0 Å². The van der Waals surface area contributed by atoms with Gasteiger partial charge in [-0.25, -0.2) is 0 Å². The Morgan fingerprint density at radius 3 is 3.05 bits per heavy atom. The Bertz CT molecular complexity index is 607. The molecule has 0 aliphatic heterocycles. The predicted octanol–water partition coefficient (Wildman–Crippen LogP) is 4.03. The van der Waals surface area contributed by atoms with Gasteiger partial charge in [0.15, 0.2) is 0 Å². The predicted molar refractivity (Wildman–Crippen MR) is 86.2 cm³/mol. The molecule has 0 saturated carbocycles. The largest absolute Gasteiger partial charge is 0.306 e. The highest BCUT2D eigenvalue weighted by Crippen LogP contribution is 2.24. The SMILES string of the molecule is O=C(CC1C=CCC1)N(Cc1ccsc1)c1cccnc1. The summed E-state index contributed by atoms with van der Waals surface area (Å²) >= 11 is 1.66. The molecule has 3 rings (SSSR count). The lowest BCUT2D eigenvalue weighted by molar-refractivity contribution is -0.119. The van der Waals surface area contributed by atoms with Gasteiger partial charge in [0.1, 0.15) is 0 Å². The summed E-state index contributed by atoms with van der Waals surface area (Å²) in [6.07, 6.45) is 10.6. The van der Waals surface area contributed by atoms with Gasteiger partial charge in [0, 0.05) is 12.6 Å². The average molecular weight is 298 g/mol. The van der Waals surface area contributed by atoms with Gasteiger partial charge < -0.3 is 4.90 Å². The van der Waals surface area contributed by atoms with E-state index < -0.39 is 0 Å². The molecule has 2 aromatic rings. The van der Waals surface area contributed by atoms with Crippen LogP contribution in [0.4, 0.5) is 5.69 Å². The normalized spacial score (nSPS) is 17.0. The highest BCUT2D eigenvalue weighted by molar-refractivity contribution is 7.07. The van der Waals surface area contributed by atoms with Gasteiger partial charge in [-0.1, -0.05) is 12.2 Å². The topological polar surface area (TPSA) is 33.2 Å². The highest BCUT2D eigenvalue weighted by Gasteiger charge is 2.21. The number of aromatic nitrogens is 1. The van der Waals surface area contributed by atoms with Crippen molar-refractivity contribution in [3.63, 3.8) is 0 Å². The van der Waals surface area contributed by atoms with Gasteiger partial charge in [0.2, 0.25) is 5.91 Å². The molecule has 1 aliphatic carbocycles. The Morgan fingerprint density at radius 2 is 2.38 bits per heavy atom. The summed E-state index contributed by atoms with van der Waals surface area (Å²) in [7, 11) is 0. The summed E-state index contributed by atoms with van der Waals surface area (Å²) in [4.78, 5) is 18.7. The van der Waals surface area contributed by atoms with E-state index in [4.69, 9.17) is 0 Å². The van der Waals surface area contributed by atoms with E-state index in [1.807, 2.05) is 22.4 Å². The first-order chi connectivity index (χ1) is 10.3. The van der Waals surface area contributed by atoms with E-state index in [0.29, 0.717) is 18.9 Å². The molecule has 1 unspecified atom stereocenters. The molecule has 0 saturated heterocycles. The molecule has 108 valence electrons. The molecule has 0 fully saturated rings. The number of hydrogen-bond donors (Lipinski definition) is 0. The number of rotatable bonds is 5. The van der Waals surface area contributed by atoms with E-state index in [1.54, 1.807) is 23.7 Å². The fourth-order valence-corrected chi connectivity index (χ4v) is 3.26. The summed E-state index contributed by atoms with van der Waals surface area (Å²) in [6, 6.07) is 5.89. The molecule has 21 heavy (non-hydrogen) atoms. The van der Waals surface area contributed by atoms with Gasteiger partial charge in [-0.05, 0) is 53.3 Å². The van der Waals surface area contributed by atoms with E-state index in [9.17, 15) is 4.79 Å².